The van der Waals surface area contributed by atoms with Crippen LogP contribution >= 0.6 is 0 Å². The van der Waals surface area contributed by atoms with E-state index >= 15 is 0 Å². The van der Waals surface area contributed by atoms with Crippen LogP contribution in [0.5, 0.6) is 5.75 Å². The summed E-state index contributed by atoms with van der Waals surface area (Å²) in [6.07, 6.45) is 9.16. The van der Waals surface area contributed by atoms with Crippen molar-refractivity contribution in [1.29, 1.82) is 0 Å². The first-order valence-corrected chi connectivity index (χ1v) is 16.8. The Bertz CT molecular complexity index is 1210. The second-order valence-corrected chi connectivity index (χ2v) is 14.0. The molecule has 4 unspecified atom stereocenters. The van der Waals surface area contributed by atoms with Crippen molar-refractivity contribution < 1.29 is 19.4 Å². The molecule has 0 bridgehead atoms. The van der Waals surface area contributed by atoms with E-state index in [-0.39, 0.29) is 29.3 Å². The van der Waals surface area contributed by atoms with Crippen molar-refractivity contribution in [1.82, 2.24) is 9.80 Å². The fourth-order valence-electron chi connectivity index (χ4n) is 7.78. The summed E-state index contributed by atoms with van der Waals surface area (Å²) in [6.45, 7) is 9.49. The molecule has 1 saturated heterocycles. The monoisotopic (exact) mass is 588 g/mol. The van der Waals surface area contributed by atoms with Crippen LogP contribution in [0.15, 0.2) is 54.6 Å². The number of rotatable bonds is 13. The number of carbonyl (C=O) groups is 2. The normalized spacial score (nSPS) is 25.7. The van der Waals surface area contributed by atoms with Gasteiger partial charge in [0.1, 0.15) is 5.75 Å². The molecule has 0 spiro atoms. The molecule has 4 atom stereocenters. The summed E-state index contributed by atoms with van der Waals surface area (Å²) in [5, 5.41) is 11.9. The van der Waals surface area contributed by atoms with E-state index in [1.165, 1.54) is 25.3 Å². The van der Waals surface area contributed by atoms with Crippen LogP contribution in [0.4, 0.5) is 0 Å². The predicted molar refractivity (Wildman–Crippen MR) is 171 cm³/mol. The molecule has 5 rings (SSSR count). The second-order valence-electron chi connectivity index (χ2n) is 14.0. The van der Waals surface area contributed by atoms with Gasteiger partial charge in [0.15, 0.2) is 0 Å². The highest BCUT2D eigenvalue weighted by Crippen LogP contribution is 2.51. The summed E-state index contributed by atoms with van der Waals surface area (Å²) in [6, 6.07) is 18.5. The van der Waals surface area contributed by atoms with E-state index in [9.17, 15) is 14.7 Å². The molecular weight excluding hydrogens is 536 g/mol. The Morgan fingerprint density at radius 3 is 2.58 bits per heavy atom. The lowest BCUT2D eigenvalue weighted by Gasteiger charge is -2.56. The lowest BCUT2D eigenvalue weighted by molar-refractivity contribution is -0.139. The number of fused-ring (bicyclic) bond motifs is 1. The Labute approximate surface area is 258 Å². The summed E-state index contributed by atoms with van der Waals surface area (Å²) < 4.78 is 5.51. The lowest BCUT2D eigenvalue weighted by Crippen LogP contribution is -2.61. The van der Waals surface area contributed by atoms with Crippen molar-refractivity contribution in [3.05, 3.63) is 65.7 Å². The maximum absolute atomic E-state index is 13.9. The van der Waals surface area contributed by atoms with Crippen LogP contribution in [0.2, 0.25) is 0 Å². The number of aliphatic hydroxyl groups is 1. The molecule has 3 fully saturated rings. The van der Waals surface area contributed by atoms with Crippen LogP contribution < -0.4 is 4.74 Å². The first-order valence-electron chi connectivity index (χ1n) is 16.8. The van der Waals surface area contributed by atoms with Gasteiger partial charge in [-0.1, -0.05) is 62.7 Å². The zero-order valence-corrected chi connectivity index (χ0v) is 26.5. The summed E-state index contributed by atoms with van der Waals surface area (Å²) in [5.74, 6) is 1.68. The second kappa shape index (κ2) is 14.4. The van der Waals surface area contributed by atoms with E-state index in [0.717, 1.165) is 69.6 Å². The molecule has 234 valence electrons. The highest BCUT2D eigenvalue weighted by atomic mass is 16.5. The van der Waals surface area contributed by atoms with E-state index in [0.29, 0.717) is 31.1 Å². The van der Waals surface area contributed by atoms with E-state index < -0.39 is 6.10 Å². The number of unbranched alkanes of at least 4 members (excludes halogenated alkanes) is 2. The number of amides is 1. The summed E-state index contributed by atoms with van der Waals surface area (Å²) in [5.41, 5.74) is 2.21. The van der Waals surface area contributed by atoms with Crippen LogP contribution in [0.1, 0.15) is 89.7 Å². The maximum Gasteiger partial charge on any atom is 0.308 e. The van der Waals surface area contributed by atoms with Crippen molar-refractivity contribution in [2.75, 3.05) is 26.2 Å². The third-order valence-electron chi connectivity index (χ3n) is 10.0. The molecule has 2 saturated carbocycles. The Morgan fingerprint density at radius 1 is 1.07 bits per heavy atom. The Morgan fingerprint density at radius 2 is 1.86 bits per heavy atom. The van der Waals surface area contributed by atoms with E-state index in [2.05, 4.69) is 54.0 Å². The average Bonchev–Trinajstić information content (AvgIpc) is 3.80. The summed E-state index contributed by atoms with van der Waals surface area (Å²) in [4.78, 5) is 30.3. The van der Waals surface area contributed by atoms with E-state index in [1.807, 2.05) is 24.3 Å². The zero-order valence-electron chi connectivity index (χ0n) is 26.5. The number of carbonyl (C=O) groups excluding carboxylic acids is 2. The van der Waals surface area contributed by atoms with Gasteiger partial charge in [-0.3, -0.25) is 9.59 Å². The zero-order chi connectivity index (χ0) is 30.4. The van der Waals surface area contributed by atoms with Crippen LogP contribution in [0.3, 0.4) is 0 Å². The Hall–Kier alpha value is -2.70. The molecule has 6 heteroatoms. The number of likely N-dealkylation sites (tertiary alicyclic amines) is 1. The number of hydrogen-bond donors (Lipinski definition) is 1. The van der Waals surface area contributed by atoms with Gasteiger partial charge < -0.3 is 19.6 Å². The molecule has 1 heterocycles. The van der Waals surface area contributed by atoms with Crippen LogP contribution in [-0.4, -0.2) is 65.1 Å². The molecule has 0 aromatic heterocycles. The topological polar surface area (TPSA) is 70.1 Å². The number of aryl methyl sites for hydroxylation is 1. The molecular formula is C37H52N2O4. The molecule has 0 radical (unpaired) electrons. The number of piperidine rings is 1. The Kier molecular flexibility index (Phi) is 10.6. The highest BCUT2D eigenvalue weighted by molar-refractivity contribution is 5.76. The first-order chi connectivity index (χ1) is 20.7. The van der Waals surface area contributed by atoms with Crippen LogP contribution in [0.25, 0.3) is 0 Å². The Balaban J connectivity index is 1.33. The highest BCUT2D eigenvalue weighted by Gasteiger charge is 2.53. The lowest BCUT2D eigenvalue weighted by atomic mass is 9.56. The first kappa shape index (κ1) is 31.7. The number of nitrogens with zero attached hydrogens (tertiary/aromatic N) is 2. The molecule has 6 nitrogen and oxygen atoms in total. The smallest absolute Gasteiger partial charge is 0.308 e. The largest absolute Gasteiger partial charge is 0.427 e. The quantitative estimate of drug-likeness (QED) is 0.167. The number of aliphatic hydroxyl groups excluding tert-OH is 1. The molecule has 1 amide bonds. The van der Waals surface area contributed by atoms with Gasteiger partial charge >= 0.3 is 5.97 Å². The van der Waals surface area contributed by atoms with Crippen molar-refractivity contribution >= 4 is 11.9 Å². The molecule has 3 aliphatic rings. The number of ether oxygens (including phenoxy) is 1. The number of esters is 1. The average molecular weight is 589 g/mol. The van der Waals surface area contributed by atoms with Gasteiger partial charge in [0.2, 0.25) is 5.91 Å². The molecule has 1 aliphatic heterocycles. The molecule has 43 heavy (non-hydrogen) atoms. The third kappa shape index (κ3) is 8.27. The standard InChI is InChI=1S/C37H52N2O4/c1-27(2)24-39(36(42)16-9-5-8-13-29-11-6-4-7-12-29)32-22-35(41)34-26-38(25-30-17-18-30)20-19-37(34,23-32)31-14-10-15-33(21-31)43-28(3)40/h4,6-7,10-12,14-15,21,27,30,32,34-35,41H,5,8-9,13,16-20,22-26H2,1-3H3. The minimum Gasteiger partial charge on any atom is -0.427 e. The number of hydrogen-bond acceptors (Lipinski definition) is 5. The van der Waals surface area contributed by atoms with E-state index in [1.54, 1.807) is 0 Å². The fourth-order valence-corrected chi connectivity index (χ4v) is 7.78. The fraction of sp³-hybridized carbons (Fsp3) is 0.622. The van der Waals surface area contributed by atoms with Gasteiger partial charge in [-0.05, 0) is 93.0 Å². The molecule has 2 aromatic carbocycles. The minimum atomic E-state index is -0.494. The maximum atomic E-state index is 13.9. The van der Waals surface area contributed by atoms with E-state index in [4.69, 9.17) is 4.74 Å². The molecule has 2 aliphatic carbocycles. The van der Waals surface area contributed by atoms with Crippen molar-refractivity contribution in [2.45, 2.75) is 103 Å². The van der Waals surface area contributed by atoms with Gasteiger partial charge in [0, 0.05) is 50.4 Å². The molecule has 2 aromatic rings. The van der Waals surface area contributed by atoms with Crippen molar-refractivity contribution in [3.63, 3.8) is 0 Å². The van der Waals surface area contributed by atoms with Crippen LogP contribution in [0, 0.1) is 17.8 Å². The van der Waals surface area contributed by atoms with Gasteiger partial charge in [0.25, 0.3) is 0 Å². The SMILES string of the molecule is CC(=O)Oc1cccc(C23CCN(CC4CC4)CC2C(O)CC(N(CC(C)C)C(=O)CCCCCc2ccccc2)C3)c1. The summed E-state index contributed by atoms with van der Waals surface area (Å²) >= 11 is 0. The third-order valence-corrected chi connectivity index (χ3v) is 10.0. The minimum absolute atomic E-state index is 0.0159. The predicted octanol–water partition coefficient (Wildman–Crippen LogP) is 6.39. The van der Waals surface area contributed by atoms with Gasteiger partial charge in [-0.2, -0.15) is 0 Å². The van der Waals surface area contributed by atoms with Gasteiger partial charge in [-0.15, -0.1) is 0 Å². The summed E-state index contributed by atoms with van der Waals surface area (Å²) in [7, 11) is 0. The van der Waals surface area contributed by atoms with Gasteiger partial charge in [0.05, 0.1) is 6.10 Å². The van der Waals surface area contributed by atoms with Crippen molar-refractivity contribution in [2.24, 2.45) is 17.8 Å². The van der Waals surface area contributed by atoms with Crippen LogP contribution in [-0.2, 0) is 21.4 Å². The van der Waals surface area contributed by atoms with Crippen molar-refractivity contribution in [3.8, 4) is 5.75 Å². The number of benzene rings is 2. The molecule has 1 N–H and O–H groups in total. The van der Waals surface area contributed by atoms with Gasteiger partial charge in [-0.25, -0.2) is 0 Å².